The number of aliphatic hydroxyl groups is 2. The largest absolute Gasteiger partial charge is 0.392 e. The molecule has 0 amide bonds. The van der Waals surface area contributed by atoms with Crippen molar-refractivity contribution in [2.75, 3.05) is 18.5 Å². The van der Waals surface area contributed by atoms with Crippen LogP contribution in [-0.4, -0.2) is 34.4 Å². The maximum Gasteiger partial charge on any atom is 0.0821 e. The molecular weight excluding hydrogens is 216 g/mol. The van der Waals surface area contributed by atoms with E-state index in [4.69, 9.17) is 0 Å². The highest BCUT2D eigenvalue weighted by molar-refractivity contribution is 5.51. The van der Waals surface area contributed by atoms with Crippen molar-refractivity contribution in [2.24, 2.45) is 0 Å². The summed E-state index contributed by atoms with van der Waals surface area (Å²) >= 11 is 0. The van der Waals surface area contributed by atoms with Crippen molar-refractivity contribution in [1.82, 2.24) is 4.98 Å². The molecule has 4 heteroatoms. The van der Waals surface area contributed by atoms with Crippen LogP contribution in [0.3, 0.4) is 0 Å². The van der Waals surface area contributed by atoms with Crippen LogP contribution in [0.25, 0.3) is 0 Å². The normalized spacial score (nSPS) is 18.3. The molecule has 1 aliphatic rings. The second-order valence-corrected chi connectivity index (χ2v) is 4.95. The highest BCUT2D eigenvalue weighted by atomic mass is 16.3. The third kappa shape index (κ3) is 2.76. The van der Waals surface area contributed by atoms with Gasteiger partial charge < -0.3 is 15.1 Å². The Morgan fingerprint density at radius 3 is 2.76 bits per heavy atom. The standard InChI is InChI=1S/C13H20N2O2/c1-15(10-13(17)5-2-3-6-13)12-4-7-14-8-11(12)9-16/h4,7-8,16-17H,2-3,5-6,9-10H2,1H3. The Morgan fingerprint density at radius 2 is 2.12 bits per heavy atom. The summed E-state index contributed by atoms with van der Waals surface area (Å²) < 4.78 is 0. The highest BCUT2D eigenvalue weighted by Crippen LogP contribution is 2.31. The maximum absolute atomic E-state index is 10.4. The number of hydrogen-bond acceptors (Lipinski definition) is 4. The first-order valence-corrected chi connectivity index (χ1v) is 6.12. The molecule has 94 valence electrons. The average molecular weight is 236 g/mol. The topological polar surface area (TPSA) is 56.6 Å². The van der Waals surface area contributed by atoms with Crippen LogP contribution in [0.4, 0.5) is 5.69 Å². The number of nitrogens with zero attached hydrogens (tertiary/aromatic N) is 2. The Bertz CT molecular complexity index is 375. The molecule has 0 aliphatic heterocycles. The molecule has 1 saturated carbocycles. The van der Waals surface area contributed by atoms with Gasteiger partial charge in [-0.25, -0.2) is 0 Å². The number of aliphatic hydroxyl groups excluding tert-OH is 1. The molecule has 2 N–H and O–H groups in total. The fourth-order valence-corrected chi connectivity index (χ4v) is 2.63. The first-order chi connectivity index (χ1) is 8.14. The number of likely N-dealkylation sites (N-methyl/N-ethyl adjacent to an activating group) is 1. The van der Waals surface area contributed by atoms with E-state index in [-0.39, 0.29) is 6.61 Å². The number of hydrogen-bond donors (Lipinski definition) is 2. The molecule has 0 bridgehead atoms. The van der Waals surface area contributed by atoms with Crippen LogP contribution in [0, 0.1) is 0 Å². The molecule has 0 atom stereocenters. The Balaban J connectivity index is 2.11. The summed E-state index contributed by atoms with van der Waals surface area (Å²) in [6.45, 7) is 0.593. The summed E-state index contributed by atoms with van der Waals surface area (Å²) in [5.41, 5.74) is 1.18. The third-order valence-electron chi connectivity index (χ3n) is 3.53. The summed E-state index contributed by atoms with van der Waals surface area (Å²) in [5, 5.41) is 19.6. The molecule has 2 rings (SSSR count). The minimum absolute atomic E-state index is 0.0219. The molecule has 0 saturated heterocycles. The monoisotopic (exact) mass is 236 g/mol. The van der Waals surface area contributed by atoms with Crippen molar-refractivity contribution in [3.63, 3.8) is 0 Å². The van der Waals surface area contributed by atoms with Gasteiger partial charge in [-0.2, -0.15) is 0 Å². The Labute approximate surface area is 102 Å². The molecule has 0 radical (unpaired) electrons. The minimum Gasteiger partial charge on any atom is -0.392 e. The molecule has 1 aromatic heterocycles. The van der Waals surface area contributed by atoms with E-state index in [2.05, 4.69) is 4.98 Å². The van der Waals surface area contributed by atoms with Gasteiger partial charge >= 0.3 is 0 Å². The zero-order valence-electron chi connectivity index (χ0n) is 10.3. The minimum atomic E-state index is -0.565. The van der Waals surface area contributed by atoms with Crippen LogP contribution in [0.15, 0.2) is 18.5 Å². The van der Waals surface area contributed by atoms with Crippen LogP contribution in [-0.2, 0) is 6.61 Å². The summed E-state index contributed by atoms with van der Waals surface area (Å²) in [5.74, 6) is 0. The van der Waals surface area contributed by atoms with Gasteiger partial charge in [-0.3, -0.25) is 4.98 Å². The number of anilines is 1. The van der Waals surface area contributed by atoms with Crippen LogP contribution < -0.4 is 4.90 Å². The zero-order chi connectivity index (χ0) is 12.3. The van der Waals surface area contributed by atoms with Crippen molar-refractivity contribution in [2.45, 2.75) is 37.9 Å². The van der Waals surface area contributed by atoms with Crippen LogP contribution in [0.5, 0.6) is 0 Å². The Morgan fingerprint density at radius 1 is 1.41 bits per heavy atom. The van der Waals surface area contributed by atoms with E-state index in [9.17, 15) is 10.2 Å². The predicted octanol–water partition coefficient (Wildman–Crippen LogP) is 1.32. The summed E-state index contributed by atoms with van der Waals surface area (Å²) in [7, 11) is 1.95. The van der Waals surface area contributed by atoms with E-state index < -0.39 is 5.60 Å². The molecule has 4 nitrogen and oxygen atoms in total. The van der Waals surface area contributed by atoms with Gasteiger partial charge in [-0.15, -0.1) is 0 Å². The Hall–Kier alpha value is -1.13. The fourth-order valence-electron chi connectivity index (χ4n) is 2.63. The lowest BCUT2D eigenvalue weighted by molar-refractivity contribution is 0.0558. The van der Waals surface area contributed by atoms with Crippen molar-refractivity contribution in [3.8, 4) is 0 Å². The molecule has 0 spiro atoms. The van der Waals surface area contributed by atoms with E-state index in [0.29, 0.717) is 6.54 Å². The van der Waals surface area contributed by atoms with Gasteiger partial charge in [-0.05, 0) is 18.9 Å². The maximum atomic E-state index is 10.4. The van der Waals surface area contributed by atoms with E-state index >= 15 is 0 Å². The van der Waals surface area contributed by atoms with E-state index in [1.165, 1.54) is 0 Å². The number of pyridine rings is 1. The van der Waals surface area contributed by atoms with Crippen molar-refractivity contribution in [1.29, 1.82) is 0 Å². The second kappa shape index (κ2) is 5.02. The van der Waals surface area contributed by atoms with Gasteiger partial charge in [0.15, 0.2) is 0 Å². The third-order valence-corrected chi connectivity index (χ3v) is 3.53. The molecule has 1 fully saturated rings. The van der Waals surface area contributed by atoms with Gasteiger partial charge in [0.2, 0.25) is 0 Å². The molecule has 0 unspecified atom stereocenters. The number of aromatic nitrogens is 1. The molecule has 17 heavy (non-hydrogen) atoms. The van der Waals surface area contributed by atoms with Crippen LogP contribution in [0.2, 0.25) is 0 Å². The zero-order valence-corrected chi connectivity index (χ0v) is 10.3. The van der Waals surface area contributed by atoms with E-state index in [1.807, 2.05) is 18.0 Å². The Kier molecular flexibility index (Phi) is 3.64. The average Bonchev–Trinajstić information content (AvgIpc) is 2.75. The lowest BCUT2D eigenvalue weighted by atomic mass is 10.0. The quantitative estimate of drug-likeness (QED) is 0.827. The van der Waals surface area contributed by atoms with Gasteiger partial charge in [-0.1, -0.05) is 12.8 Å². The van der Waals surface area contributed by atoms with Gasteiger partial charge in [0.1, 0.15) is 0 Å². The van der Waals surface area contributed by atoms with Crippen molar-refractivity contribution >= 4 is 5.69 Å². The van der Waals surface area contributed by atoms with Crippen molar-refractivity contribution < 1.29 is 10.2 Å². The van der Waals surface area contributed by atoms with Gasteiger partial charge in [0.25, 0.3) is 0 Å². The van der Waals surface area contributed by atoms with Gasteiger partial charge in [0.05, 0.1) is 12.2 Å². The summed E-state index contributed by atoms with van der Waals surface area (Å²) in [6, 6.07) is 1.88. The first-order valence-electron chi connectivity index (χ1n) is 6.12. The molecular formula is C13H20N2O2. The summed E-state index contributed by atoms with van der Waals surface area (Å²) in [6.07, 6.45) is 7.34. The highest BCUT2D eigenvalue weighted by Gasteiger charge is 2.32. The lowest BCUT2D eigenvalue weighted by Gasteiger charge is -2.30. The predicted molar refractivity (Wildman–Crippen MR) is 66.8 cm³/mol. The molecule has 1 aromatic rings. The molecule has 1 heterocycles. The SMILES string of the molecule is CN(CC1(O)CCCC1)c1ccncc1CO. The van der Waals surface area contributed by atoms with Crippen LogP contribution >= 0.6 is 0 Å². The van der Waals surface area contributed by atoms with E-state index in [1.54, 1.807) is 12.4 Å². The lowest BCUT2D eigenvalue weighted by Crippen LogP contribution is -2.39. The van der Waals surface area contributed by atoms with Gasteiger partial charge in [0, 0.05) is 37.2 Å². The molecule has 1 aliphatic carbocycles. The fraction of sp³-hybridized carbons (Fsp3) is 0.615. The van der Waals surface area contributed by atoms with Crippen LogP contribution in [0.1, 0.15) is 31.2 Å². The molecule has 0 aromatic carbocycles. The smallest absolute Gasteiger partial charge is 0.0821 e. The summed E-state index contributed by atoms with van der Waals surface area (Å²) in [4.78, 5) is 6.01. The second-order valence-electron chi connectivity index (χ2n) is 4.95. The van der Waals surface area contributed by atoms with E-state index in [0.717, 1.165) is 36.9 Å². The van der Waals surface area contributed by atoms with Crippen molar-refractivity contribution in [3.05, 3.63) is 24.0 Å². The number of rotatable bonds is 4. The first kappa shape index (κ1) is 12.3.